The molecule has 0 spiro atoms. The molecule has 0 saturated heterocycles. The van der Waals surface area contributed by atoms with Gasteiger partial charge in [0.1, 0.15) is 12.3 Å². The summed E-state index contributed by atoms with van der Waals surface area (Å²) in [6.07, 6.45) is 0. The third kappa shape index (κ3) is 3.83. The summed E-state index contributed by atoms with van der Waals surface area (Å²) in [6.45, 7) is -0.223. The quantitative estimate of drug-likeness (QED) is 0.695. The molecule has 0 bridgehead atoms. The molecule has 0 radical (unpaired) electrons. The highest BCUT2D eigenvalue weighted by Crippen LogP contribution is 2.22. The van der Waals surface area contributed by atoms with Gasteiger partial charge in [-0.3, -0.25) is 4.79 Å². The van der Waals surface area contributed by atoms with Crippen molar-refractivity contribution in [3.05, 3.63) is 65.2 Å². The second-order valence-corrected chi connectivity index (χ2v) is 4.36. The summed E-state index contributed by atoms with van der Waals surface area (Å²) >= 11 is 5.86. The number of carbonyl (C=O) groups excluding carboxylic acids is 2. The van der Waals surface area contributed by atoms with Crippen molar-refractivity contribution in [3.8, 4) is 5.75 Å². The molecule has 0 aromatic heterocycles. The average molecular weight is 290 g/mol. The standard InChI is InChI=1S/C15H12ClNO3/c16-12-8-4-5-9-13(12)20-14(18)10-17-15(19)11-6-2-1-3-7-11/h1-9H,10H2,(H,17,19). The topological polar surface area (TPSA) is 55.4 Å². The third-order valence-electron chi connectivity index (χ3n) is 2.49. The van der Waals surface area contributed by atoms with Gasteiger partial charge in [0.2, 0.25) is 0 Å². The second-order valence-electron chi connectivity index (χ2n) is 3.95. The predicted molar refractivity (Wildman–Crippen MR) is 75.9 cm³/mol. The van der Waals surface area contributed by atoms with Gasteiger partial charge in [0.15, 0.2) is 0 Å². The first-order valence-corrected chi connectivity index (χ1v) is 6.33. The molecule has 2 rings (SSSR count). The van der Waals surface area contributed by atoms with Crippen LogP contribution in [0.4, 0.5) is 0 Å². The van der Waals surface area contributed by atoms with Crippen molar-refractivity contribution in [1.82, 2.24) is 5.32 Å². The van der Waals surface area contributed by atoms with E-state index in [2.05, 4.69) is 5.32 Å². The molecule has 102 valence electrons. The van der Waals surface area contributed by atoms with Crippen LogP contribution in [0.3, 0.4) is 0 Å². The van der Waals surface area contributed by atoms with Gasteiger partial charge in [-0.2, -0.15) is 0 Å². The number of nitrogens with one attached hydrogen (secondary N) is 1. The normalized spacial score (nSPS) is 9.85. The largest absolute Gasteiger partial charge is 0.424 e. The minimum Gasteiger partial charge on any atom is -0.424 e. The molecule has 0 atom stereocenters. The van der Waals surface area contributed by atoms with Gasteiger partial charge in [0.25, 0.3) is 5.91 Å². The zero-order valence-electron chi connectivity index (χ0n) is 10.5. The summed E-state index contributed by atoms with van der Waals surface area (Å²) in [4.78, 5) is 23.3. The van der Waals surface area contributed by atoms with E-state index in [-0.39, 0.29) is 18.2 Å². The molecule has 0 fully saturated rings. The maximum atomic E-state index is 11.7. The molecule has 0 aliphatic rings. The van der Waals surface area contributed by atoms with E-state index in [4.69, 9.17) is 16.3 Å². The molecule has 0 heterocycles. The Morgan fingerprint density at radius 3 is 2.35 bits per heavy atom. The lowest BCUT2D eigenvalue weighted by atomic mass is 10.2. The van der Waals surface area contributed by atoms with Gasteiger partial charge in [-0.15, -0.1) is 0 Å². The van der Waals surface area contributed by atoms with Gasteiger partial charge >= 0.3 is 5.97 Å². The fraction of sp³-hybridized carbons (Fsp3) is 0.0667. The van der Waals surface area contributed by atoms with Gasteiger partial charge in [0, 0.05) is 5.56 Å². The van der Waals surface area contributed by atoms with Gasteiger partial charge in [-0.05, 0) is 24.3 Å². The number of hydrogen-bond donors (Lipinski definition) is 1. The Hall–Kier alpha value is -2.33. The van der Waals surface area contributed by atoms with Crippen molar-refractivity contribution in [2.75, 3.05) is 6.54 Å². The van der Waals surface area contributed by atoms with Crippen LogP contribution in [-0.2, 0) is 4.79 Å². The lowest BCUT2D eigenvalue weighted by molar-refractivity contribution is -0.133. The van der Waals surface area contributed by atoms with Crippen LogP contribution >= 0.6 is 11.6 Å². The van der Waals surface area contributed by atoms with Crippen molar-refractivity contribution in [1.29, 1.82) is 0 Å². The first-order chi connectivity index (χ1) is 9.66. The lowest BCUT2D eigenvalue weighted by Gasteiger charge is -2.07. The van der Waals surface area contributed by atoms with Crippen molar-refractivity contribution in [2.45, 2.75) is 0 Å². The monoisotopic (exact) mass is 289 g/mol. The second kappa shape index (κ2) is 6.73. The van der Waals surface area contributed by atoms with Crippen LogP contribution < -0.4 is 10.1 Å². The Kier molecular flexibility index (Phi) is 4.74. The van der Waals surface area contributed by atoms with Gasteiger partial charge in [-0.1, -0.05) is 41.9 Å². The van der Waals surface area contributed by atoms with Crippen LogP contribution in [0.1, 0.15) is 10.4 Å². The first kappa shape index (κ1) is 14.1. The maximum Gasteiger partial charge on any atom is 0.330 e. The summed E-state index contributed by atoms with van der Waals surface area (Å²) in [7, 11) is 0. The molecule has 0 aliphatic carbocycles. The van der Waals surface area contributed by atoms with E-state index in [1.54, 1.807) is 48.5 Å². The highest BCUT2D eigenvalue weighted by Gasteiger charge is 2.10. The third-order valence-corrected chi connectivity index (χ3v) is 2.80. The van der Waals surface area contributed by atoms with Crippen molar-refractivity contribution in [2.24, 2.45) is 0 Å². The molecule has 0 aliphatic heterocycles. The van der Waals surface area contributed by atoms with E-state index in [0.29, 0.717) is 10.6 Å². The van der Waals surface area contributed by atoms with E-state index in [1.165, 1.54) is 0 Å². The summed E-state index contributed by atoms with van der Waals surface area (Å²) in [5, 5.41) is 2.82. The summed E-state index contributed by atoms with van der Waals surface area (Å²) in [5.41, 5.74) is 0.484. The highest BCUT2D eigenvalue weighted by atomic mass is 35.5. The Labute approximate surface area is 121 Å². The van der Waals surface area contributed by atoms with Crippen LogP contribution in [0, 0.1) is 0 Å². The van der Waals surface area contributed by atoms with E-state index >= 15 is 0 Å². The van der Waals surface area contributed by atoms with E-state index < -0.39 is 5.97 Å². The minimum absolute atomic E-state index is 0.223. The van der Waals surface area contributed by atoms with Crippen LogP contribution in [0.2, 0.25) is 5.02 Å². The number of amides is 1. The molecule has 2 aromatic rings. The summed E-state index contributed by atoms with van der Waals surface area (Å²) < 4.78 is 5.05. The molecule has 0 saturated carbocycles. The number of benzene rings is 2. The SMILES string of the molecule is O=C(CNC(=O)c1ccccc1)Oc1ccccc1Cl. The van der Waals surface area contributed by atoms with Crippen molar-refractivity contribution >= 4 is 23.5 Å². The van der Waals surface area contributed by atoms with Gasteiger partial charge in [0.05, 0.1) is 5.02 Å². The van der Waals surface area contributed by atoms with Crippen LogP contribution in [0.15, 0.2) is 54.6 Å². The Morgan fingerprint density at radius 1 is 1.00 bits per heavy atom. The number of para-hydroxylation sites is 1. The summed E-state index contributed by atoms with van der Waals surface area (Å²) in [6, 6.07) is 15.3. The fourth-order valence-electron chi connectivity index (χ4n) is 1.53. The molecule has 20 heavy (non-hydrogen) atoms. The Bertz CT molecular complexity index is 614. The molecular weight excluding hydrogens is 278 g/mol. The summed E-state index contributed by atoms with van der Waals surface area (Å²) in [5.74, 6) is -0.641. The minimum atomic E-state index is -0.581. The number of rotatable bonds is 4. The zero-order valence-corrected chi connectivity index (χ0v) is 11.3. The number of esters is 1. The molecule has 4 nitrogen and oxygen atoms in total. The Balaban J connectivity index is 1.87. The molecule has 5 heteroatoms. The number of halogens is 1. The fourth-order valence-corrected chi connectivity index (χ4v) is 1.70. The molecule has 1 N–H and O–H groups in total. The maximum absolute atomic E-state index is 11.7. The van der Waals surface area contributed by atoms with E-state index in [9.17, 15) is 9.59 Å². The number of ether oxygens (including phenoxy) is 1. The van der Waals surface area contributed by atoms with Gasteiger partial charge < -0.3 is 10.1 Å². The number of carbonyl (C=O) groups is 2. The highest BCUT2D eigenvalue weighted by molar-refractivity contribution is 6.32. The van der Waals surface area contributed by atoms with Crippen LogP contribution in [0.25, 0.3) is 0 Å². The average Bonchev–Trinajstić information content (AvgIpc) is 2.48. The van der Waals surface area contributed by atoms with Crippen LogP contribution in [0.5, 0.6) is 5.75 Å². The smallest absolute Gasteiger partial charge is 0.330 e. The lowest BCUT2D eigenvalue weighted by Crippen LogP contribution is -2.31. The predicted octanol–water partition coefficient (Wildman–Crippen LogP) is 2.68. The first-order valence-electron chi connectivity index (χ1n) is 5.95. The van der Waals surface area contributed by atoms with Crippen molar-refractivity contribution < 1.29 is 14.3 Å². The molecule has 0 unspecified atom stereocenters. The zero-order chi connectivity index (χ0) is 14.4. The molecule has 2 aromatic carbocycles. The van der Waals surface area contributed by atoms with E-state index in [1.807, 2.05) is 6.07 Å². The van der Waals surface area contributed by atoms with Crippen molar-refractivity contribution in [3.63, 3.8) is 0 Å². The Morgan fingerprint density at radius 2 is 1.65 bits per heavy atom. The number of hydrogen-bond acceptors (Lipinski definition) is 3. The molecular formula is C15H12ClNO3. The molecule has 1 amide bonds. The van der Waals surface area contributed by atoms with Gasteiger partial charge in [-0.25, -0.2) is 4.79 Å². The van der Waals surface area contributed by atoms with E-state index in [0.717, 1.165) is 0 Å². The van der Waals surface area contributed by atoms with Crippen LogP contribution in [-0.4, -0.2) is 18.4 Å².